The summed E-state index contributed by atoms with van der Waals surface area (Å²) in [5.41, 5.74) is 4.61. The first-order chi connectivity index (χ1) is 17.3. The zero-order chi connectivity index (χ0) is 25.3. The number of fused-ring (bicyclic) bond motifs is 1. The first-order valence-corrected chi connectivity index (χ1v) is 12.5. The van der Waals surface area contributed by atoms with E-state index in [1.54, 1.807) is 19.1 Å². The fourth-order valence-electron chi connectivity index (χ4n) is 4.80. The molecule has 0 amide bonds. The molecule has 186 valence electrons. The summed E-state index contributed by atoms with van der Waals surface area (Å²) < 4.78 is 31.0. The van der Waals surface area contributed by atoms with Crippen molar-refractivity contribution in [3.8, 4) is 23.0 Å². The molecule has 36 heavy (non-hydrogen) atoms. The molecule has 2 fully saturated rings. The Balaban J connectivity index is 1.57. The minimum atomic E-state index is -0.879. The average molecular weight is 488 g/mol. The van der Waals surface area contributed by atoms with Gasteiger partial charge in [-0.1, -0.05) is 42.2 Å². The Morgan fingerprint density at radius 2 is 1.89 bits per heavy atom. The van der Waals surface area contributed by atoms with Gasteiger partial charge in [0.1, 0.15) is 11.9 Å². The third-order valence-electron chi connectivity index (χ3n) is 6.43. The molecule has 1 aliphatic carbocycles. The van der Waals surface area contributed by atoms with E-state index in [2.05, 4.69) is 11.8 Å². The van der Waals surface area contributed by atoms with Gasteiger partial charge in [-0.3, -0.25) is 9.78 Å². The number of hydrogen-bond acceptors (Lipinski definition) is 5. The summed E-state index contributed by atoms with van der Waals surface area (Å²) in [4.78, 5) is 17.1. The standard InChI is InChI=1S/C30H30FNO4/c1-4-34-27(33)18-23-17-22(35-30(2,3)36-23)15-16-25-28(19-11-13-21(31)14-12-19)24-7-5-6-8-26(24)32-29(25)20-9-10-20/h5-8,11-14,20,22-23H,4,9-10,17-18H2,1-3H3/t22-,23-/m1/s1. The zero-order valence-electron chi connectivity index (χ0n) is 20.8. The number of carbonyl (C=O) groups is 1. The number of halogens is 1. The van der Waals surface area contributed by atoms with Gasteiger partial charge in [-0.25, -0.2) is 4.39 Å². The fraction of sp³-hybridized carbons (Fsp3) is 0.400. The number of rotatable bonds is 5. The molecule has 1 aliphatic heterocycles. The second kappa shape index (κ2) is 10.0. The van der Waals surface area contributed by atoms with E-state index in [-0.39, 0.29) is 24.3 Å². The van der Waals surface area contributed by atoms with E-state index < -0.39 is 11.9 Å². The summed E-state index contributed by atoms with van der Waals surface area (Å²) in [7, 11) is 0. The van der Waals surface area contributed by atoms with E-state index in [0.29, 0.717) is 18.9 Å². The van der Waals surface area contributed by atoms with Gasteiger partial charge in [-0.15, -0.1) is 0 Å². The van der Waals surface area contributed by atoms with Gasteiger partial charge < -0.3 is 14.2 Å². The van der Waals surface area contributed by atoms with E-state index >= 15 is 0 Å². The molecule has 2 atom stereocenters. The molecular weight excluding hydrogens is 457 g/mol. The SMILES string of the molecule is CCOC(=O)C[C@H]1C[C@@H](C#Cc2c(C3CC3)nc3ccccc3c2-c2ccc(F)cc2)OC(C)(C)O1. The van der Waals surface area contributed by atoms with Crippen molar-refractivity contribution in [2.45, 2.75) is 70.4 Å². The second-order valence-corrected chi connectivity index (χ2v) is 9.81. The van der Waals surface area contributed by atoms with E-state index in [9.17, 15) is 9.18 Å². The van der Waals surface area contributed by atoms with Crippen molar-refractivity contribution in [3.05, 3.63) is 65.6 Å². The molecule has 1 saturated carbocycles. The van der Waals surface area contributed by atoms with E-state index in [0.717, 1.165) is 46.1 Å². The van der Waals surface area contributed by atoms with Crippen LogP contribution in [0, 0.1) is 17.7 Å². The Bertz CT molecular complexity index is 1330. The number of para-hydroxylation sites is 1. The minimum Gasteiger partial charge on any atom is -0.466 e. The maximum absolute atomic E-state index is 13.8. The number of hydrogen-bond donors (Lipinski definition) is 0. The molecule has 0 spiro atoms. The first kappa shape index (κ1) is 24.4. The molecular formula is C30H30FNO4. The number of pyridine rings is 1. The molecule has 2 aliphatic rings. The highest BCUT2D eigenvalue weighted by atomic mass is 19.1. The van der Waals surface area contributed by atoms with Crippen LogP contribution < -0.4 is 0 Å². The smallest absolute Gasteiger partial charge is 0.308 e. The molecule has 6 heteroatoms. The monoisotopic (exact) mass is 487 g/mol. The molecule has 1 aromatic heterocycles. The van der Waals surface area contributed by atoms with Crippen LogP contribution in [0.25, 0.3) is 22.0 Å². The highest BCUT2D eigenvalue weighted by Crippen LogP contribution is 2.44. The van der Waals surface area contributed by atoms with Gasteiger partial charge in [0.2, 0.25) is 0 Å². The van der Waals surface area contributed by atoms with Crippen molar-refractivity contribution in [1.82, 2.24) is 4.98 Å². The largest absolute Gasteiger partial charge is 0.466 e. The third kappa shape index (κ3) is 5.43. The van der Waals surface area contributed by atoms with E-state index in [4.69, 9.17) is 19.2 Å². The molecule has 0 N–H and O–H groups in total. The molecule has 0 bridgehead atoms. The lowest BCUT2D eigenvalue weighted by atomic mass is 9.92. The van der Waals surface area contributed by atoms with Crippen molar-refractivity contribution in [2.24, 2.45) is 0 Å². The maximum atomic E-state index is 13.8. The van der Waals surface area contributed by atoms with Crippen molar-refractivity contribution in [2.75, 3.05) is 6.61 Å². The fourth-order valence-corrected chi connectivity index (χ4v) is 4.80. The van der Waals surface area contributed by atoms with Gasteiger partial charge in [-0.2, -0.15) is 0 Å². The van der Waals surface area contributed by atoms with Crippen LogP contribution in [0.4, 0.5) is 4.39 Å². The van der Waals surface area contributed by atoms with Gasteiger partial charge >= 0.3 is 5.97 Å². The molecule has 1 saturated heterocycles. The number of carbonyl (C=O) groups excluding carboxylic acids is 1. The van der Waals surface area contributed by atoms with Crippen LogP contribution in [0.2, 0.25) is 0 Å². The summed E-state index contributed by atoms with van der Waals surface area (Å²) in [6.07, 6.45) is 2.00. The van der Waals surface area contributed by atoms with Crippen LogP contribution >= 0.6 is 0 Å². The molecule has 2 heterocycles. The van der Waals surface area contributed by atoms with Crippen molar-refractivity contribution in [1.29, 1.82) is 0 Å². The average Bonchev–Trinajstić information content (AvgIpc) is 3.67. The van der Waals surface area contributed by atoms with Crippen LogP contribution in [0.5, 0.6) is 0 Å². The maximum Gasteiger partial charge on any atom is 0.308 e. The Morgan fingerprint density at radius 1 is 1.14 bits per heavy atom. The Kier molecular flexibility index (Phi) is 6.79. The van der Waals surface area contributed by atoms with Crippen molar-refractivity contribution in [3.63, 3.8) is 0 Å². The van der Waals surface area contributed by atoms with Gasteiger partial charge in [0.25, 0.3) is 0 Å². The van der Waals surface area contributed by atoms with Gasteiger partial charge in [0.05, 0.1) is 35.9 Å². The number of esters is 1. The van der Waals surface area contributed by atoms with Crippen LogP contribution in [0.15, 0.2) is 48.5 Å². The van der Waals surface area contributed by atoms with E-state index in [1.165, 1.54) is 12.1 Å². The molecule has 5 rings (SSSR count). The lowest BCUT2D eigenvalue weighted by Crippen LogP contribution is -2.45. The summed E-state index contributed by atoms with van der Waals surface area (Å²) in [6.45, 7) is 5.78. The third-order valence-corrected chi connectivity index (χ3v) is 6.43. The summed E-state index contributed by atoms with van der Waals surface area (Å²) >= 11 is 0. The quantitative estimate of drug-likeness (QED) is 0.320. The summed E-state index contributed by atoms with van der Waals surface area (Å²) in [5, 5.41) is 0.978. The molecule has 2 aromatic carbocycles. The second-order valence-electron chi connectivity index (χ2n) is 9.81. The normalized spacial score (nSPS) is 21.0. The van der Waals surface area contributed by atoms with Crippen LogP contribution in [0.1, 0.15) is 63.6 Å². The van der Waals surface area contributed by atoms with E-state index in [1.807, 2.05) is 38.1 Å². The predicted molar refractivity (Wildman–Crippen MR) is 136 cm³/mol. The van der Waals surface area contributed by atoms with Crippen LogP contribution in [-0.2, 0) is 19.0 Å². The van der Waals surface area contributed by atoms with Gasteiger partial charge in [-0.05, 0) is 57.4 Å². The Morgan fingerprint density at radius 3 is 2.61 bits per heavy atom. The Labute approximate surface area is 211 Å². The molecule has 0 unspecified atom stereocenters. The number of ether oxygens (including phenoxy) is 3. The van der Waals surface area contributed by atoms with Crippen molar-refractivity contribution >= 4 is 16.9 Å². The highest BCUT2D eigenvalue weighted by Gasteiger charge is 2.36. The number of benzene rings is 2. The summed E-state index contributed by atoms with van der Waals surface area (Å²) in [5.74, 6) is 5.64. The van der Waals surface area contributed by atoms with Crippen LogP contribution in [-0.4, -0.2) is 35.6 Å². The Hall–Kier alpha value is -3.27. The zero-order valence-corrected chi connectivity index (χ0v) is 20.8. The minimum absolute atomic E-state index is 0.157. The molecule has 3 aromatic rings. The highest BCUT2D eigenvalue weighted by molar-refractivity contribution is 5.98. The van der Waals surface area contributed by atoms with Gasteiger partial charge in [0, 0.05) is 23.3 Å². The van der Waals surface area contributed by atoms with Crippen molar-refractivity contribution < 1.29 is 23.4 Å². The number of aromatic nitrogens is 1. The predicted octanol–water partition coefficient (Wildman–Crippen LogP) is 6.13. The lowest BCUT2D eigenvalue weighted by Gasteiger charge is -2.38. The first-order valence-electron chi connectivity index (χ1n) is 12.5. The van der Waals surface area contributed by atoms with Gasteiger partial charge in [0.15, 0.2) is 5.79 Å². The summed E-state index contributed by atoms with van der Waals surface area (Å²) in [6, 6.07) is 14.5. The molecule has 5 nitrogen and oxygen atoms in total. The van der Waals surface area contributed by atoms with Crippen LogP contribution in [0.3, 0.4) is 0 Å². The lowest BCUT2D eigenvalue weighted by molar-refractivity contribution is -0.288. The topological polar surface area (TPSA) is 57.7 Å². The molecule has 0 radical (unpaired) electrons. The number of nitrogens with zero attached hydrogens (tertiary/aromatic N) is 1.